The second-order valence-corrected chi connectivity index (χ2v) is 20.6. The Bertz CT molecular complexity index is 1470. The molecule has 0 spiro atoms. The van der Waals surface area contributed by atoms with Gasteiger partial charge in [0, 0.05) is 31.5 Å². The number of amides is 2. The molecule has 0 radical (unpaired) electrons. The molecule has 8 heteroatoms. The number of rotatable bonds is 9. The fourth-order valence-electron chi connectivity index (χ4n) is 14.3. The third-order valence-electron chi connectivity index (χ3n) is 17.3. The van der Waals surface area contributed by atoms with Crippen molar-refractivity contribution in [1.29, 1.82) is 0 Å². The van der Waals surface area contributed by atoms with Gasteiger partial charge in [-0.15, -0.1) is 0 Å². The van der Waals surface area contributed by atoms with E-state index in [2.05, 4.69) is 55.0 Å². The number of carboxylic acid groups (broad SMARTS) is 1. The van der Waals surface area contributed by atoms with Gasteiger partial charge in [0.2, 0.25) is 11.8 Å². The number of carbonyl (C=O) groups is 4. The molecule has 6 aliphatic rings. The zero-order chi connectivity index (χ0) is 38.2. The molecular formula is C44H70N2O6. The zero-order valence-electron chi connectivity index (χ0n) is 34.1. The lowest BCUT2D eigenvalue weighted by atomic mass is 9.32. The number of carbonyl (C=O) groups excluding carboxylic acids is 3. The molecule has 5 aliphatic carbocycles. The van der Waals surface area contributed by atoms with E-state index in [4.69, 9.17) is 4.74 Å². The maximum Gasteiger partial charge on any atom is 0.309 e. The summed E-state index contributed by atoms with van der Waals surface area (Å²) in [6, 6.07) is 0. The molecule has 1 heterocycles. The van der Waals surface area contributed by atoms with E-state index < -0.39 is 17.4 Å². The molecule has 2 amide bonds. The Balaban J connectivity index is 1.23. The molecule has 5 saturated carbocycles. The van der Waals surface area contributed by atoms with E-state index in [1.165, 1.54) is 18.4 Å². The second kappa shape index (κ2) is 13.4. The van der Waals surface area contributed by atoms with Crippen molar-refractivity contribution < 1.29 is 29.0 Å². The van der Waals surface area contributed by atoms with Crippen molar-refractivity contribution in [3.63, 3.8) is 0 Å². The lowest BCUT2D eigenvalue weighted by molar-refractivity contribution is -0.250. The van der Waals surface area contributed by atoms with Gasteiger partial charge in [-0.25, -0.2) is 0 Å². The molecule has 0 bridgehead atoms. The van der Waals surface area contributed by atoms with Crippen LogP contribution in [0.4, 0.5) is 0 Å². The van der Waals surface area contributed by atoms with E-state index in [1.807, 2.05) is 9.80 Å². The average molecular weight is 723 g/mol. The molecule has 6 rings (SSSR count). The van der Waals surface area contributed by atoms with Crippen LogP contribution in [-0.2, 0) is 23.9 Å². The largest absolute Gasteiger partial charge is 0.481 e. The Kier molecular flexibility index (Phi) is 10.2. The number of ether oxygens (including phenoxy) is 1. The van der Waals surface area contributed by atoms with Crippen molar-refractivity contribution in [3.8, 4) is 0 Å². The number of esters is 1. The van der Waals surface area contributed by atoms with Crippen LogP contribution in [-0.4, -0.2) is 70.9 Å². The average Bonchev–Trinajstić information content (AvgIpc) is 3.43. The van der Waals surface area contributed by atoms with E-state index in [-0.39, 0.29) is 58.0 Å². The van der Waals surface area contributed by atoms with E-state index in [1.54, 1.807) is 13.8 Å². The standard InChI is InChI=1S/C44H70N2O6/c1-11-22-45-23-24-46(27-35(45)48)34(47)25-44-19-14-29(28(2)3)37(44)30-12-13-32-41(8)17-16-33(52-36(49)26-39(4,5)38(50)51)40(6,7)31(41)15-18-43(32,10)42(30,9)20-21-44/h29-33,37H,2,11-27H2,1,3-10H3,(H,50,51)/t29-,30+,31-,32+,33-,37+,41-,42+,43+,44+/m0/s1. The molecule has 0 aromatic rings. The van der Waals surface area contributed by atoms with Crippen molar-refractivity contribution in [2.75, 3.05) is 26.2 Å². The molecule has 0 aromatic heterocycles. The van der Waals surface area contributed by atoms with Crippen LogP contribution in [0.1, 0.15) is 146 Å². The molecule has 8 nitrogen and oxygen atoms in total. The molecule has 1 saturated heterocycles. The summed E-state index contributed by atoms with van der Waals surface area (Å²) in [7, 11) is 0. The van der Waals surface area contributed by atoms with Gasteiger partial charge in [-0.1, -0.05) is 53.7 Å². The third-order valence-corrected chi connectivity index (χ3v) is 17.3. The predicted molar refractivity (Wildman–Crippen MR) is 203 cm³/mol. The summed E-state index contributed by atoms with van der Waals surface area (Å²) in [6.07, 6.45) is 12.0. The van der Waals surface area contributed by atoms with Crippen molar-refractivity contribution in [3.05, 3.63) is 12.2 Å². The summed E-state index contributed by atoms with van der Waals surface area (Å²) in [5.74, 6) is 1.26. The van der Waals surface area contributed by atoms with Crippen LogP contribution in [0.25, 0.3) is 0 Å². The highest BCUT2D eigenvalue weighted by molar-refractivity contribution is 5.86. The molecule has 1 N–H and O–H groups in total. The summed E-state index contributed by atoms with van der Waals surface area (Å²) in [5, 5.41) is 9.61. The normalized spacial score (nSPS) is 41.3. The minimum absolute atomic E-state index is 0.0299. The molecule has 1 aliphatic heterocycles. The number of hydrogen-bond donors (Lipinski definition) is 1. The van der Waals surface area contributed by atoms with Crippen molar-refractivity contribution in [2.45, 2.75) is 152 Å². The minimum atomic E-state index is -1.15. The Morgan fingerprint density at radius 3 is 2.25 bits per heavy atom. The van der Waals surface area contributed by atoms with Gasteiger partial charge in [0.15, 0.2) is 0 Å². The quantitative estimate of drug-likeness (QED) is 0.189. The van der Waals surface area contributed by atoms with Crippen LogP contribution >= 0.6 is 0 Å². The second-order valence-electron chi connectivity index (χ2n) is 20.6. The van der Waals surface area contributed by atoms with Crippen molar-refractivity contribution in [1.82, 2.24) is 9.80 Å². The Morgan fingerprint density at radius 1 is 0.904 bits per heavy atom. The highest BCUT2D eigenvalue weighted by Crippen LogP contribution is 2.78. The number of carboxylic acids is 1. The predicted octanol–water partition coefficient (Wildman–Crippen LogP) is 8.53. The minimum Gasteiger partial charge on any atom is -0.481 e. The number of hydrogen-bond acceptors (Lipinski definition) is 5. The van der Waals surface area contributed by atoms with Crippen molar-refractivity contribution in [2.24, 2.45) is 62.1 Å². The van der Waals surface area contributed by atoms with E-state index in [0.29, 0.717) is 49.1 Å². The van der Waals surface area contributed by atoms with E-state index in [9.17, 15) is 24.3 Å². The van der Waals surface area contributed by atoms with Crippen LogP contribution in [0.3, 0.4) is 0 Å². The SMILES string of the molecule is C=C(C)[C@@H]1CC[C@]2(CC(=O)N3CCN(CCC)C(=O)C3)CC[C@]3(C)[C@H](CC[C@@H]4[C@@]5(C)CC[C@H](OC(=O)CC(C)(C)C(=O)O)C(C)(C)[C@@H]5CC[C@]43C)[C@@H]12. The summed E-state index contributed by atoms with van der Waals surface area (Å²) >= 11 is 0. The van der Waals surface area contributed by atoms with Crippen LogP contribution in [0.15, 0.2) is 12.2 Å². The first kappa shape index (κ1) is 39.3. The molecule has 52 heavy (non-hydrogen) atoms. The summed E-state index contributed by atoms with van der Waals surface area (Å²) in [5.41, 5.74) is 0.310. The lowest BCUT2D eigenvalue weighted by Crippen LogP contribution is -2.67. The number of piperazine rings is 1. The topological polar surface area (TPSA) is 104 Å². The summed E-state index contributed by atoms with van der Waals surface area (Å²) in [6.45, 7) is 26.7. The molecule has 0 aromatic carbocycles. The van der Waals surface area contributed by atoms with Gasteiger partial charge >= 0.3 is 11.9 Å². The van der Waals surface area contributed by atoms with Crippen LogP contribution < -0.4 is 0 Å². The highest BCUT2D eigenvalue weighted by Gasteiger charge is 2.71. The zero-order valence-corrected chi connectivity index (χ0v) is 34.1. The lowest BCUT2D eigenvalue weighted by Gasteiger charge is -2.73. The number of aliphatic carboxylic acids is 1. The van der Waals surface area contributed by atoms with Gasteiger partial charge < -0.3 is 19.6 Å². The number of allylic oxidation sites excluding steroid dienone is 1. The van der Waals surface area contributed by atoms with Crippen LogP contribution in [0.2, 0.25) is 0 Å². The van der Waals surface area contributed by atoms with E-state index >= 15 is 0 Å². The van der Waals surface area contributed by atoms with Crippen molar-refractivity contribution >= 4 is 23.8 Å². The highest BCUT2D eigenvalue weighted by atomic mass is 16.5. The first-order valence-electron chi connectivity index (χ1n) is 20.8. The first-order chi connectivity index (χ1) is 24.2. The third kappa shape index (κ3) is 6.07. The maximum absolute atomic E-state index is 14.1. The van der Waals surface area contributed by atoms with Gasteiger partial charge in [0.05, 0.1) is 18.4 Å². The van der Waals surface area contributed by atoms with Gasteiger partial charge in [0.1, 0.15) is 6.10 Å². The monoisotopic (exact) mass is 723 g/mol. The maximum atomic E-state index is 14.1. The van der Waals surface area contributed by atoms with Crippen LogP contribution in [0.5, 0.6) is 0 Å². The van der Waals surface area contributed by atoms with Gasteiger partial charge in [-0.05, 0) is 143 Å². The molecule has 10 atom stereocenters. The van der Waals surface area contributed by atoms with Gasteiger partial charge in [-0.2, -0.15) is 0 Å². The fraction of sp³-hybridized carbons (Fsp3) is 0.864. The Hall–Kier alpha value is -2.38. The summed E-state index contributed by atoms with van der Waals surface area (Å²) in [4.78, 5) is 55.7. The molecule has 0 unspecified atom stereocenters. The molecule has 292 valence electrons. The number of nitrogens with zero attached hydrogens (tertiary/aromatic N) is 2. The smallest absolute Gasteiger partial charge is 0.309 e. The fourth-order valence-corrected chi connectivity index (χ4v) is 14.3. The summed E-state index contributed by atoms with van der Waals surface area (Å²) < 4.78 is 6.18. The molecule has 6 fully saturated rings. The van der Waals surface area contributed by atoms with E-state index in [0.717, 1.165) is 64.3 Å². The van der Waals surface area contributed by atoms with Gasteiger partial charge in [0.25, 0.3) is 0 Å². The Labute approximate surface area is 314 Å². The van der Waals surface area contributed by atoms with Crippen LogP contribution in [0, 0.1) is 62.1 Å². The van der Waals surface area contributed by atoms with Gasteiger partial charge in [-0.3, -0.25) is 19.2 Å². The molecular weight excluding hydrogens is 652 g/mol. The number of fused-ring (bicyclic) bond motifs is 7. The first-order valence-corrected chi connectivity index (χ1v) is 20.8. The Morgan fingerprint density at radius 2 is 1.62 bits per heavy atom.